The van der Waals surface area contributed by atoms with Crippen molar-refractivity contribution in [1.29, 1.82) is 0 Å². The number of nitrogens with one attached hydrogen (secondary N) is 2. The molecule has 5 heteroatoms. The Morgan fingerprint density at radius 3 is 2.55 bits per heavy atom. The van der Waals surface area contributed by atoms with Gasteiger partial charge in [0.05, 0.1) is 6.10 Å². The molecule has 3 N–H and O–H groups in total. The van der Waals surface area contributed by atoms with Gasteiger partial charge >= 0.3 is 6.03 Å². The molecular formula is C15H26N2O3. The van der Waals surface area contributed by atoms with E-state index < -0.39 is 0 Å². The Balaban J connectivity index is 2.35. The van der Waals surface area contributed by atoms with Crippen molar-refractivity contribution in [3.05, 3.63) is 23.2 Å². The van der Waals surface area contributed by atoms with Crippen LogP contribution < -0.4 is 10.6 Å². The van der Waals surface area contributed by atoms with Gasteiger partial charge in [-0.25, -0.2) is 4.79 Å². The molecule has 0 fully saturated rings. The van der Waals surface area contributed by atoms with Crippen molar-refractivity contribution in [2.45, 2.75) is 53.7 Å². The van der Waals surface area contributed by atoms with E-state index in [0.29, 0.717) is 19.5 Å². The number of aryl methyl sites for hydroxylation is 2. The predicted octanol–water partition coefficient (Wildman–Crippen LogP) is 2.49. The first kappa shape index (κ1) is 16.6. The highest BCUT2D eigenvalue weighted by atomic mass is 16.3. The second-order valence-electron chi connectivity index (χ2n) is 6.19. The molecule has 1 aromatic rings. The third kappa shape index (κ3) is 5.65. The Labute approximate surface area is 120 Å². The van der Waals surface area contributed by atoms with Crippen molar-refractivity contribution in [3.63, 3.8) is 0 Å². The van der Waals surface area contributed by atoms with Gasteiger partial charge in [0.25, 0.3) is 0 Å². The van der Waals surface area contributed by atoms with E-state index >= 15 is 0 Å². The number of aliphatic hydroxyl groups excluding tert-OH is 1. The lowest BCUT2D eigenvalue weighted by molar-refractivity contribution is 0.129. The maximum absolute atomic E-state index is 11.8. The number of aliphatic hydroxyl groups is 1. The van der Waals surface area contributed by atoms with Crippen LogP contribution in [0, 0.1) is 19.3 Å². The monoisotopic (exact) mass is 282 g/mol. The summed E-state index contributed by atoms with van der Waals surface area (Å²) in [7, 11) is 0. The van der Waals surface area contributed by atoms with E-state index in [1.165, 1.54) is 0 Å². The largest absolute Gasteiger partial charge is 0.466 e. The predicted molar refractivity (Wildman–Crippen MR) is 78.5 cm³/mol. The minimum absolute atomic E-state index is 0.131. The van der Waals surface area contributed by atoms with Gasteiger partial charge in [-0.05, 0) is 38.7 Å². The summed E-state index contributed by atoms with van der Waals surface area (Å²) in [6, 6.07) is 1.72. The van der Waals surface area contributed by atoms with Crippen LogP contribution in [-0.2, 0) is 6.54 Å². The van der Waals surface area contributed by atoms with Gasteiger partial charge in [-0.3, -0.25) is 0 Å². The maximum atomic E-state index is 11.8. The Bertz CT molecular complexity index is 450. The first-order chi connectivity index (χ1) is 9.19. The minimum atomic E-state index is -0.369. The fraction of sp³-hybridized carbons (Fsp3) is 0.667. The van der Waals surface area contributed by atoms with Crippen LogP contribution in [0.3, 0.4) is 0 Å². The molecule has 0 saturated carbocycles. The normalized spacial score (nSPS) is 13.1. The standard InChI is InChI=1S/C15H26N2O3/c1-10(18)7-15(4,5)9-17-14(19)16-8-13-6-11(2)20-12(13)3/h6,10,18H,7-9H2,1-5H3,(H2,16,17,19)/t10-/m1/s1. The zero-order chi connectivity index (χ0) is 15.3. The summed E-state index contributed by atoms with van der Waals surface area (Å²) >= 11 is 0. The van der Waals surface area contributed by atoms with Crippen molar-refractivity contribution in [2.24, 2.45) is 5.41 Å². The topological polar surface area (TPSA) is 74.5 Å². The van der Waals surface area contributed by atoms with E-state index in [0.717, 1.165) is 17.1 Å². The average molecular weight is 282 g/mol. The third-order valence-corrected chi connectivity index (χ3v) is 3.16. The fourth-order valence-electron chi connectivity index (χ4n) is 2.29. The summed E-state index contributed by atoms with van der Waals surface area (Å²) in [5.74, 6) is 1.68. The quantitative estimate of drug-likeness (QED) is 0.750. The first-order valence-corrected chi connectivity index (χ1v) is 6.95. The zero-order valence-electron chi connectivity index (χ0n) is 13.0. The van der Waals surface area contributed by atoms with Gasteiger partial charge in [0.2, 0.25) is 0 Å². The summed E-state index contributed by atoms with van der Waals surface area (Å²) in [5, 5.41) is 15.0. The Morgan fingerprint density at radius 1 is 1.40 bits per heavy atom. The van der Waals surface area contributed by atoms with E-state index in [1.54, 1.807) is 6.92 Å². The molecule has 0 radical (unpaired) electrons. The number of carbonyl (C=O) groups excluding carboxylic acids is 1. The molecule has 0 unspecified atom stereocenters. The first-order valence-electron chi connectivity index (χ1n) is 6.95. The van der Waals surface area contributed by atoms with E-state index in [4.69, 9.17) is 4.42 Å². The molecule has 1 heterocycles. The number of amides is 2. The Hall–Kier alpha value is -1.49. The van der Waals surface area contributed by atoms with Gasteiger partial charge < -0.3 is 20.2 Å². The van der Waals surface area contributed by atoms with Crippen LogP contribution in [0.4, 0.5) is 4.79 Å². The van der Waals surface area contributed by atoms with Crippen LogP contribution in [0.5, 0.6) is 0 Å². The maximum Gasteiger partial charge on any atom is 0.315 e. The molecule has 1 atom stereocenters. The molecule has 20 heavy (non-hydrogen) atoms. The van der Waals surface area contributed by atoms with Crippen LogP contribution >= 0.6 is 0 Å². The number of rotatable bonds is 6. The van der Waals surface area contributed by atoms with Gasteiger partial charge in [0, 0.05) is 18.7 Å². The average Bonchev–Trinajstić information content (AvgIpc) is 2.61. The van der Waals surface area contributed by atoms with Crippen LogP contribution in [0.15, 0.2) is 10.5 Å². The lowest BCUT2D eigenvalue weighted by Crippen LogP contribution is -2.41. The Kier molecular flexibility index (Phi) is 5.62. The molecule has 0 aliphatic carbocycles. The number of carbonyl (C=O) groups is 1. The molecule has 1 rings (SSSR count). The summed E-state index contributed by atoms with van der Waals surface area (Å²) in [6.07, 6.45) is 0.277. The smallest absolute Gasteiger partial charge is 0.315 e. The highest BCUT2D eigenvalue weighted by Gasteiger charge is 2.21. The molecule has 0 aromatic carbocycles. The van der Waals surface area contributed by atoms with Crippen LogP contribution in [0.1, 0.15) is 44.3 Å². The molecule has 0 aliphatic rings. The molecule has 1 aromatic heterocycles. The van der Waals surface area contributed by atoms with Gasteiger partial charge in [-0.2, -0.15) is 0 Å². The number of hydrogen-bond acceptors (Lipinski definition) is 3. The molecule has 5 nitrogen and oxygen atoms in total. The van der Waals surface area contributed by atoms with Crippen molar-refractivity contribution in [2.75, 3.05) is 6.54 Å². The number of furan rings is 1. The number of hydrogen-bond donors (Lipinski definition) is 3. The molecule has 0 aliphatic heterocycles. The number of urea groups is 1. The van der Waals surface area contributed by atoms with E-state index in [1.807, 2.05) is 33.8 Å². The molecule has 2 amide bonds. The van der Waals surface area contributed by atoms with Crippen LogP contribution in [-0.4, -0.2) is 23.8 Å². The van der Waals surface area contributed by atoms with E-state index in [2.05, 4.69) is 10.6 Å². The summed E-state index contributed by atoms with van der Waals surface area (Å²) in [4.78, 5) is 11.8. The molecular weight excluding hydrogens is 256 g/mol. The van der Waals surface area contributed by atoms with Crippen molar-refractivity contribution < 1.29 is 14.3 Å². The van der Waals surface area contributed by atoms with Gasteiger partial charge in [-0.15, -0.1) is 0 Å². The summed E-state index contributed by atoms with van der Waals surface area (Å²) in [6.45, 7) is 10.5. The Morgan fingerprint density at radius 2 is 2.05 bits per heavy atom. The van der Waals surface area contributed by atoms with Crippen molar-refractivity contribution in [3.8, 4) is 0 Å². The lowest BCUT2D eigenvalue weighted by atomic mass is 9.87. The minimum Gasteiger partial charge on any atom is -0.466 e. The van der Waals surface area contributed by atoms with Crippen molar-refractivity contribution >= 4 is 6.03 Å². The van der Waals surface area contributed by atoms with E-state index in [-0.39, 0.29) is 17.6 Å². The van der Waals surface area contributed by atoms with Crippen LogP contribution in [0.25, 0.3) is 0 Å². The third-order valence-electron chi connectivity index (χ3n) is 3.16. The fourth-order valence-corrected chi connectivity index (χ4v) is 2.29. The highest BCUT2D eigenvalue weighted by Crippen LogP contribution is 2.21. The van der Waals surface area contributed by atoms with Gasteiger partial charge in [0.1, 0.15) is 11.5 Å². The van der Waals surface area contributed by atoms with Gasteiger partial charge in [-0.1, -0.05) is 13.8 Å². The second kappa shape index (κ2) is 6.79. The van der Waals surface area contributed by atoms with Crippen LogP contribution in [0.2, 0.25) is 0 Å². The molecule has 0 spiro atoms. The van der Waals surface area contributed by atoms with Crippen molar-refractivity contribution in [1.82, 2.24) is 10.6 Å². The molecule has 114 valence electrons. The van der Waals surface area contributed by atoms with Gasteiger partial charge in [0.15, 0.2) is 0 Å². The zero-order valence-corrected chi connectivity index (χ0v) is 13.0. The summed E-state index contributed by atoms with van der Waals surface area (Å²) < 4.78 is 5.41. The highest BCUT2D eigenvalue weighted by molar-refractivity contribution is 5.73. The van der Waals surface area contributed by atoms with E-state index in [9.17, 15) is 9.90 Å². The summed E-state index contributed by atoms with van der Waals surface area (Å²) in [5.41, 5.74) is 0.856. The second-order valence-corrected chi connectivity index (χ2v) is 6.19. The molecule has 0 bridgehead atoms. The lowest BCUT2D eigenvalue weighted by Gasteiger charge is -2.26. The molecule has 0 saturated heterocycles. The SMILES string of the molecule is Cc1cc(CNC(=O)NCC(C)(C)C[C@@H](C)O)c(C)o1.